The van der Waals surface area contributed by atoms with Crippen LogP contribution in [0, 0.1) is 0 Å². The topological polar surface area (TPSA) is 43.2 Å². The lowest BCUT2D eigenvalue weighted by molar-refractivity contribution is 0.127. The average Bonchev–Trinajstić information content (AvgIpc) is 2.64. The highest BCUT2D eigenvalue weighted by Gasteiger charge is 2.14. The van der Waals surface area contributed by atoms with E-state index >= 15 is 0 Å². The number of rotatable bonds is 6. The highest BCUT2D eigenvalue weighted by Crippen LogP contribution is 2.15. The van der Waals surface area contributed by atoms with E-state index in [0.717, 1.165) is 48.2 Å². The average molecular weight is 322 g/mol. The second-order valence-corrected chi connectivity index (χ2v) is 5.86. The molecule has 1 aliphatic rings. The Hall–Kier alpha value is -2.62. The Kier molecular flexibility index (Phi) is 6.00. The number of hydrogen-bond acceptors (Lipinski definition) is 4. The van der Waals surface area contributed by atoms with Crippen molar-refractivity contribution in [3.8, 4) is 0 Å². The Morgan fingerprint density at radius 1 is 0.667 bits per heavy atom. The fourth-order valence-corrected chi connectivity index (χ4v) is 2.61. The van der Waals surface area contributed by atoms with E-state index in [1.54, 1.807) is 0 Å². The summed E-state index contributed by atoms with van der Waals surface area (Å²) in [6, 6.07) is 20.1. The molecule has 0 aliphatic heterocycles. The van der Waals surface area contributed by atoms with Gasteiger partial charge in [0.25, 0.3) is 0 Å². The van der Waals surface area contributed by atoms with E-state index in [4.69, 9.17) is 9.68 Å². The Labute approximate surface area is 142 Å². The number of oxime groups is 2. The predicted octanol–water partition coefficient (Wildman–Crippen LogP) is 4.71. The zero-order valence-electron chi connectivity index (χ0n) is 13.7. The normalized spacial score (nSPS) is 17.8. The molecular weight excluding hydrogens is 300 g/mol. The van der Waals surface area contributed by atoms with Crippen LogP contribution in [-0.2, 0) is 22.9 Å². The van der Waals surface area contributed by atoms with Gasteiger partial charge in [0, 0.05) is 6.42 Å². The van der Waals surface area contributed by atoms with Crippen molar-refractivity contribution in [3.63, 3.8) is 0 Å². The second kappa shape index (κ2) is 8.87. The molecule has 0 atom stereocenters. The van der Waals surface area contributed by atoms with Crippen LogP contribution in [0.25, 0.3) is 0 Å². The third-order valence-electron chi connectivity index (χ3n) is 3.87. The van der Waals surface area contributed by atoms with E-state index in [1.165, 1.54) is 0 Å². The van der Waals surface area contributed by atoms with Gasteiger partial charge in [-0.3, -0.25) is 0 Å². The van der Waals surface area contributed by atoms with Crippen molar-refractivity contribution < 1.29 is 9.68 Å². The summed E-state index contributed by atoms with van der Waals surface area (Å²) in [4.78, 5) is 10.9. The molecule has 1 fully saturated rings. The molecule has 4 nitrogen and oxygen atoms in total. The molecule has 2 aromatic rings. The van der Waals surface area contributed by atoms with Crippen molar-refractivity contribution in [1.29, 1.82) is 0 Å². The van der Waals surface area contributed by atoms with Crippen LogP contribution in [0.5, 0.6) is 0 Å². The highest BCUT2D eigenvalue weighted by molar-refractivity contribution is 6.06. The van der Waals surface area contributed by atoms with Gasteiger partial charge in [-0.15, -0.1) is 0 Å². The molecule has 1 aliphatic carbocycles. The van der Waals surface area contributed by atoms with Crippen molar-refractivity contribution in [2.75, 3.05) is 0 Å². The summed E-state index contributed by atoms with van der Waals surface area (Å²) >= 11 is 0. The maximum atomic E-state index is 5.47. The summed E-state index contributed by atoms with van der Waals surface area (Å²) in [6.07, 6.45) is 3.71. The molecular formula is C20H22N2O2. The van der Waals surface area contributed by atoms with Crippen LogP contribution < -0.4 is 0 Å². The molecule has 0 aromatic heterocycles. The number of nitrogens with zero attached hydrogens (tertiary/aromatic N) is 2. The molecule has 3 rings (SSSR count). The molecule has 1 saturated carbocycles. The van der Waals surface area contributed by atoms with Gasteiger partial charge >= 0.3 is 0 Å². The molecule has 0 unspecified atom stereocenters. The van der Waals surface area contributed by atoms with Crippen LogP contribution in [-0.4, -0.2) is 11.4 Å². The smallest absolute Gasteiger partial charge is 0.142 e. The third-order valence-corrected chi connectivity index (χ3v) is 3.87. The number of benzene rings is 2. The quantitative estimate of drug-likeness (QED) is 0.723. The molecule has 2 aromatic carbocycles. The molecule has 0 heterocycles. The van der Waals surface area contributed by atoms with Crippen molar-refractivity contribution in [2.24, 2.45) is 10.3 Å². The Bertz CT molecular complexity index is 622. The van der Waals surface area contributed by atoms with E-state index in [1.807, 2.05) is 60.7 Å². The number of hydrogen-bond donors (Lipinski definition) is 0. The molecule has 0 spiro atoms. The Balaban J connectivity index is 1.46. The maximum absolute atomic E-state index is 5.47. The van der Waals surface area contributed by atoms with Gasteiger partial charge in [0.1, 0.15) is 13.2 Å². The first kappa shape index (κ1) is 16.2. The zero-order chi connectivity index (χ0) is 16.5. The Morgan fingerprint density at radius 2 is 1.12 bits per heavy atom. The minimum Gasteiger partial charge on any atom is -0.391 e. The summed E-state index contributed by atoms with van der Waals surface area (Å²) < 4.78 is 0. The van der Waals surface area contributed by atoms with Gasteiger partial charge in [0.15, 0.2) is 0 Å². The van der Waals surface area contributed by atoms with Crippen LogP contribution in [0.2, 0.25) is 0 Å². The van der Waals surface area contributed by atoms with Crippen molar-refractivity contribution in [2.45, 2.75) is 38.9 Å². The van der Waals surface area contributed by atoms with Gasteiger partial charge in [0.2, 0.25) is 0 Å². The summed E-state index contributed by atoms with van der Waals surface area (Å²) in [6.45, 7) is 1.00. The summed E-state index contributed by atoms with van der Waals surface area (Å²) in [5, 5.41) is 8.55. The third kappa shape index (κ3) is 5.23. The maximum Gasteiger partial charge on any atom is 0.142 e. The van der Waals surface area contributed by atoms with Crippen LogP contribution >= 0.6 is 0 Å². The van der Waals surface area contributed by atoms with Crippen molar-refractivity contribution in [1.82, 2.24) is 0 Å². The first-order chi connectivity index (χ1) is 11.9. The van der Waals surface area contributed by atoms with Crippen LogP contribution in [0.1, 0.15) is 36.8 Å². The summed E-state index contributed by atoms with van der Waals surface area (Å²) in [7, 11) is 0. The minimum atomic E-state index is 0.501. The zero-order valence-corrected chi connectivity index (χ0v) is 13.7. The van der Waals surface area contributed by atoms with E-state index < -0.39 is 0 Å². The van der Waals surface area contributed by atoms with E-state index in [2.05, 4.69) is 10.3 Å². The SMILES string of the molecule is c1ccc(CO/N=C2/CCC/C(=N\OCc3ccccc3)C2)cc1. The van der Waals surface area contributed by atoms with Gasteiger partial charge in [-0.1, -0.05) is 71.0 Å². The van der Waals surface area contributed by atoms with Crippen LogP contribution in [0.3, 0.4) is 0 Å². The molecule has 0 radical (unpaired) electrons. The molecule has 0 amide bonds. The highest BCUT2D eigenvalue weighted by atomic mass is 16.6. The predicted molar refractivity (Wildman–Crippen MR) is 95.8 cm³/mol. The molecule has 0 N–H and O–H groups in total. The van der Waals surface area contributed by atoms with Gasteiger partial charge in [-0.25, -0.2) is 0 Å². The first-order valence-electron chi connectivity index (χ1n) is 8.33. The van der Waals surface area contributed by atoms with Gasteiger partial charge in [-0.2, -0.15) is 0 Å². The molecule has 124 valence electrons. The van der Waals surface area contributed by atoms with Crippen molar-refractivity contribution >= 4 is 11.4 Å². The summed E-state index contributed by atoms with van der Waals surface area (Å²) in [5.74, 6) is 0. The Morgan fingerprint density at radius 3 is 1.58 bits per heavy atom. The van der Waals surface area contributed by atoms with Gasteiger partial charge in [-0.05, 0) is 30.4 Å². The molecule has 4 heteroatoms. The molecule has 0 saturated heterocycles. The lowest BCUT2D eigenvalue weighted by Gasteiger charge is -2.14. The van der Waals surface area contributed by atoms with Crippen molar-refractivity contribution in [3.05, 3.63) is 71.8 Å². The van der Waals surface area contributed by atoms with E-state index in [0.29, 0.717) is 13.2 Å². The summed E-state index contributed by atoms with van der Waals surface area (Å²) in [5.41, 5.74) is 4.33. The second-order valence-electron chi connectivity index (χ2n) is 5.86. The fraction of sp³-hybridized carbons (Fsp3) is 0.300. The lowest BCUT2D eigenvalue weighted by atomic mass is 9.97. The van der Waals surface area contributed by atoms with E-state index in [9.17, 15) is 0 Å². The van der Waals surface area contributed by atoms with Crippen LogP contribution in [0.4, 0.5) is 0 Å². The molecule has 24 heavy (non-hydrogen) atoms. The largest absolute Gasteiger partial charge is 0.391 e. The lowest BCUT2D eigenvalue weighted by Crippen LogP contribution is -2.15. The van der Waals surface area contributed by atoms with Crippen LogP contribution in [0.15, 0.2) is 71.0 Å². The monoisotopic (exact) mass is 322 g/mol. The fourth-order valence-electron chi connectivity index (χ4n) is 2.61. The minimum absolute atomic E-state index is 0.501. The molecule has 0 bridgehead atoms. The standard InChI is InChI=1S/C20H22N2O2/c1-3-8-17(9-4-1)15-23-21-19-12-7-13-20(14-19)22-24-16-18-10-5-2-6-11-18/h1-6,8-11H,7,12-16H2/b21-19-,22-20+. The van der Waals surface area contributed by atoms with Gasteiger partial charge < -0.3 is 9.68 Å². The van der Waals surface area contributed by atoms with Gasteiger partial charge in [0.05, 0.1) is 11.4 Å². The van der Waals surface area contributed by atoms with E-state index in [-0.39, 0.29) is 0 Å². The first-order valence-corrected chi connectivity index (χ1v) is 8.33.